The number of likely N-dealkylation sites (N-methyl/N-ethyl adjacent to an activating group) is 1. The molecule has 6 heteroatoms. The molecule has 1 saturated heterocycles. The first kappa shape index (κ1) is 12.5. The van der Waals surface area contributed by atoms with E-state index >= 15 is 0 Å². The van der Waals surface area contributed by atoms with Gasteiger partial charge in [-0.25, -0.2) is 0 Å². The first-order chi connectivity index (χ1) is 9.21. The zero-order valence-electron chi connectivity index (χ0n) is 11.6. The van der Waals surface area contributed by atoms with Crippen molar-refractivity contribution in [3.8, 4) is 0 Å². The number of nitrogen functional groups attached to an aromatic ring is 1. The van der Waals surface area contributed by atoms with E-state index in [1.54, 1.807) is 0 Å². The van der Waals surface area contributed by atoms with Crippen LogP contribution in [0.4, 0.5) is 17.6 Å². The molecule has 1 atom stereocenters. The molecule has 0 spiro atoms. The standard InChI is InChI=1S/C13H22N6/c1-3-8-4-5-10-11(16-8)17-13(14)18-12(10)19-6-9(7-19)15-2/h8-9,15H,3-7H2,1-2H3,(H3,14,16,17,18). The summed E-state index contributed by atoms with van der Waals surface area (Å²) in [6, 6.07) is 1.07. The molecule has 1 fully saturated rings. The molecule has 0 radical (unpaired) electrons. The smallest absolute Gasteiger partial charge is 0.223 e. The third-order valence-corrected chi connectivity index (χ3v) is 4.17. The predicted molar refractivity (Wildman–Crippen MR) is 77.5 cm³/mol. The number of anilines is 3. The van der Waals surface area contributed by atoms with E-state index < -0.39 is 0 Å². The van der Waals surface area contributed by atoms with Gasteiger partial charge in [-0.3, -0.25) is 0 Å². The number of hydrogen-bond acceptors (Lipinski definition) is 6. The Morgan fingerprint density at radius 1 is 1.42 bits per heavy atom. The Kier molecular flexibility index (Phi) is 3.18. The van der Waals surface area contributed by atoms with Crippen LogP contribution < -0.4 is 21.3 Å². The topological polar surface area (TPSA) is 79.1 Å². The molecular weight excluding hydrogens is 240 g/mol. The molecule has 0 bridgehead atoms. The molecule has 1 aromatic heterocycles. The van der Waals surface area contributed by atoms with E-state index in [0.717, 1.165) is 44.0 Å². The summed E-state index contributed by atoms with van der Waals surface area (Å²) in [4.78, 5) is 11.1. The fraction of sp³-hybridized carbons (Fsp3) is 0.692. The van der Waals surface area contributed by atoms with Crippen LogP contribution in [0.3, 0.4) is 0 Å². The summed E-state index contributed by atoms with van der Waals surface area (Å²) in [5.74, 6) is 2.33. The lowest BCUT2D eigenvalue weighted by atomic mass is 9.98. The number of nitrogens with one attached hydrogen (secondary N) is 2. The number of aromatic nitrogens is 2. The third kappa shape index (κ3) is 2.20. The van der Waals surface area contributed by atoms with Gasteiger partial charge in [-0.05, 0) is 26.3 Å². The van der Waals surface area contributed by atoms with Crippen LogP contribution >= 0.6 is 0 Å². The molecule has 0 saturated carbocycles. The molecule has 4 N–H and O–H groups in total. The van der Waals surface area contributed by atoms with E-state index in [9.17, 15) is 0 Å². The van der Waals surface area contributed by atoms with Crippen molar-refractivity contribution < 1.29 is 0 Å². The Bertz CT molecular complexity index is 468. The van der Waals surface area contributed by atoms with Gasteiger partial charge >= 0.3 is 0 Å². The van der Waals surface area contributed by atoms with E-state index in [4.69, 9.17) is 5.73 Å². The van der Waals surface area contributed by atoms with Crippen LogP contribution in [0.25, 0.3) is 0 Å². The van der Waals surface area contributed by atoms with Crippen molar-refractivity contribution >= 4 is 17.6 Å². The first-order valence-electron chi connectivity index (χ1n) is 7.06. The molecule has 1 unspecified atom stereocenters. The maximum Gasteiger partial charge on any atom is 0.223 e. The Labute approximate surface area is 113 Å². The van der Waals surface area contributed by atoms with Crippen molar-refractivity contribution in [2.45, 2.75) is 38.3 Å². The predicted octanol–water partition coefficient (Wildman–Crippen LogP) is 0.604. The van der Waals surface area contributed by atoms with Crippen LogP contribution in [0.2, 0.25) is 0 Å². The molecular formula is C13H22N6. The zero-order valence-corrected chi connectivity index (χ0v) is 11.6. The summed E-state index contributed by atoms with van der Waals surface area (Å²) >= 11 is 0. The average Bonchev–Trinajstić information content (AvgIpc) is 2.36. The Morgan fingerprint density at radius 3 is 2.89 bits per heavy atom. The van der Waals surface area contributed by atoms with Gasteiger partial charge in [0.15, 0.2) is 0 Å². The molecule has 19 heavy (non-hydrogen) atoms. The highest BCUT2D eigenvalue weighted by atomic mass is 15.3. The summed E-state index contributed by atoms with van der Waals surface area (Å²) in [6.07, 6.45) is 3.30. The number of nitrogens with zero attached hydrogens (tertiary/aromatic N) is 3. The number of rotatable bonds is 3. The van der Waals surface area contributed by atoms with E-state index in [0.29, 0.717) is 18.0 Å². The normalized spacial score (nSPS) is 22.6. The molecule has 6 nitrogen and oxygen atoms in total. The Morgan fingerprint density at radius 2 is 2.21 bits per heavy atom. The maximum absolute atomic E-state index is 5.85. The minimum Gasteiger partial charge on any atom is -0.368 e. The molecule has 2 aliphatic heterocycles. The highest BCUT2D eigenvalue weighted by Crippen LogP contribution is 2.33. The molecule has 3 heterocycles. The van der Waals surface area contributed by atoms with E-state index in [1.165, 1.54) is 5.56 Å². The summed E-state index contributed by atoms with van der Waals surface area (Å²) in [5, 5.41) is 6.76. The van der Waals surface area contributed by atoms with Crippen LogP contribution in [0, 0.1) is 0 Å². The molecule has 3 rings (SSSR count). The summed E-state index contributed by atoms with van der Waals surface area (Å²) in [7, 11) is 2.00. The monoisotopic (exact) mass is 262 g/mol. The minimum atomic E-state index is 0.367. The minimum absolute atomic E-state index is 0.367. The van der Waals surface area contributed by atoms with Crippen molar-refractivity contribution in [3.63, 3.8) is 0 Å². The van der Waals surface area contributed by atoms with Crippen LogP contribution in [0.1, 0.15) is 25.3 Å². The number of nitrogens with two attached hydrogens (primary N) is 1. The molecule has 104 valence electrons. The van der Waals surface area contributed by atoms with Crippen molar-refractivity contribution in [3.05, 3.63) is 5.56 Å². The lowest BCUT2D eigenvalue weighted by Crippen LogP contribution is -2.57. The van der Waals surface area contributed by atoms with Crippen molar-refractivity contribution in [2.24, 2.45) is 0 Å². The van der Waals surface area contributed by atoms with Gasteiger partial charge in [0.25, 0.3) is 0 Å². The molecule has 0 amide bonds. The lowest BCUT2D eigenvalue weighted by Gasteiger charge is -2.41. The Hall–Kier alpha value is -1.56. The molecule has 1 aromatic rings. The average molecular weight is 262 g/mol. The van der Waals surface area contributed by atoms with Gasteiger partial charge < -0.3 is 21.3 Å². The zero-order chi connectivity index (χ0) is 13.4. The van der Waals surface area contributed by atoms with Crippen molar-refractivity contribution in [1.82, 2.24) is 15.3 Å². The van der Waals surface area contributed by atoms with Gasteiger partial charge in [0.1, 0.15) is 11.6 Å². The third-order valence-electron chi connectivity index (χ3n) is 4.17. The van der Waals surface area contributed by atoms with Gasteiger partial charge in [0.05, 0.1) is 0 Å². The van der Waals surface area contributed by atoms with Crippen LogP contribution in [0.5, 0.6) is 0 Å². The van der Waals surface area contributed by atoms with Gasteiger partial charge in [0.2, 0.25) is 5.95 Å². The number of hydrogen-bond donors (Lipinski definition) is 3. The second-order valence-electron chi connectivity index (χ2n) is 5.41. The van der Waals surface area contributed by atoms with Crippen LogP contribution in [-0.2, 0) is 6.42 Å². The quantitative estimate of drug-likeness (QED) is 0.740. The largest absolute Gasteiger partial charge is 0.368 e. The van der Waals surface area contributed by atoms with Gasteiger partial charge in [-0.2, -0.15) is 9.97 Å². The van der Waals surface area contributed by atoms with Crippen LogP contribution in [-0.4, -0.2) is 42.2 Å². The van der Waals surface area contributed by atoms with E-state index in [1.807, 2.05) is 7.05 Å². The number of fused-ring (bicyclic) bond motifs is 1. The fourth-order valence-corrected chi connectivity index (χ4v) is 2.82. The maximum atomic E-state index is 5.85. The van der Waals surface area contributed by atoms with Gasteiger partial charge in [0, 0.05) is 30.7 Å². The molecule has 0 aromatic carbocycles. The molecule has 0 aliphatic carbocycles. The first-order valence-corrected chi connectivity index (χ1v) is 7.06. The van der Waals surface area contributed by atoms with Crippen LogP contribution in [0.15, 0.2) is 0 Å². The fourth-order valence-electron chi connectivity index (χ4n) is 2.82. The van der Waals surface area contributed by atoms with Crippen molar-refractivity contribution in [2.75, 3.05) is 36.1 Å². The summed E-state index contributed by atoms with van der Waals surface area (Å²) < 4.78 is 0. The highest BCUT2D eigenvalue weighted by molar-refractivity contribution is 5.64. The lowest BCUT2D eigenvalue weighted by molar-refractivity contribution is 0.445. The SMILES string of the molecule is CCC1CCc2c(nc(N)nc2N2CC(NC)C2)N1. The highest BCUT2D eigenvalue weighted by Gasteiger charge is 2.31. The van der Waals surface area contributed by atoms with E-state index in [-0.39, 0.29) is 0 Å². The second-order valence-corrected chi connectivity index (χ2v) is 5.41. The summed E-state index contributed by atoms with van der Waals surface area (Å²) in [5.41, 5.74) is 7.08. The molecule has 2 aliphatic rings. The van der Waals surface area contributed by atoms with E-state index in [2.05, 4.69) is 32.4 Å². The Balaban J connectivity index is 1.87. The van der Waals surface area contributed by atoms with Crippen molar-refractivity contribution in [1.29, 1.82) is 0 Å². The summed E-state index contributed by atoms with van der Waals surface area (Å²) in [6.45, 7) is 4.19. The second kappa shape index (κ2) is 4.85. The van der Waals surface area contributed by atoms with Gasteiger partial charge in [-0.1, -0.05) is 6.92 Å². The van der Waals surface area contributed by atoms with Gasteiger partial charge in [-0.15, -0.1) is 0 Å².